The van der Waals surface area contributed by atoms with Crippen LogP contribution < -0.4 is 10.2 Å². The molecule has 1 saturated carbocycles. The SMILES string of the molecule is Cc1c(Cl)cccc1N1C(=O)c2cc3sccc3n2CC1(C)C(=O)NC1CCCCC1C. The lowest BCUT2D eigenvalue weighted by Crippen LogP contribution is -2.66. The first kappa shape index (κ1) is 21.5. The van der Waals surface area contributed by atoms with Crippen LogP contribution in [-0.4, -0.2) is 28.0 Å². The van der Waals surface area contributed by atoms with E-state index in [4.69, 9.17) is 11.6 Å². The maximum absolute atomic E-state index is 13.9. The van der Waals surface area contributed by atoms with Gasteiger partial charge in [0, 0.05) is 16.8 Å². The summed E-state index contributed by atoms with van der Waals surface area (Å²) < 4.78 is 3.07. The lowest BCUT2D eigenvalue weighted by molar-refractivity contribution is -0.127. The third kappa shape index (κ3) is 3.27. The van der Waals surface area contributed by atoms with Crippen molar-refractivity contribution >= 4 is 50.7 Å². The van der Waals surface area contributed by atoms with Crippen LogP contribution in [0.3, 0.4) is 0 Å². The van der Waals surface area contributed by atoms with E-state index in [1.807, 2.05) is 54.1 Å². The number of rotatable bonds is 3. The van der Waals surface area contributed by atoms with Crippen molar-refractivity contribution in [1.29, 1.82) is 0 Å². The number of nitrogens with one attached hydrogen (secondary N) is 1. The highest BCUT2D eigenvalue weighted by atomic mass is 35.5. The minimum atomic E-state index is -1.08. The van der Waals surface area contributed by atoms with Gasteiger partial charge >= 0.3 is 0 Å². The lowest BCUT2D eigenvalue weighted by atomic mass is 9.84. The first-order valence-corrected chi connectivity index (χ1v) is 12.5. The van der Waals surface area contributed by atoms with Gasteiger partial charge in [0.2, 0.25) is 5.91 Å². The van der Waals surface area contributed by atoms with Gasteiger partial charge in [-0.05, 0) is 67.8 Å². The molecule has 168 valence electrons. The van der Waals surface area contributed by atoms with E-state index < -0.39 is 5.54 Å². The second-order valence-electron chi connectivity index (χ2n) is 9.43. The van der Waals surface area contributed by atoms with Crippen molar-refractivity contribution in [3.63, 3.8) is 0 Å². The van der Waals surface area contributed by atoms with Gasteiger partial charge in [-0.15, -0.1) is 11.3 Å². The molecule has 1 aliphatic heterocycles. The third-order valence-corrected chi connectivity index (χ3v) is 8.56. The number of fused-ring (bicyclic) bond motifs is 3. The first-order chi connectivity index (χ1) is 15.3. The van der Waals surface area contributed by atoms with Crippen LogP contribution >= 0.6 is 22.9 Å². The summed E-state index contributed by atoms with van der Waals surface area (Å²) in [7, 11) is 0. The van der Waals surface area contributed by atoms with E-state index in [-0.39, 0.29) is 17.9 Å². The van der Waals surface area contributed by atoms with E-state index in [0.717, 1.165) is 35.0 Å². The van der Waals surface area contributed by atoms with Crippen molar-refractivity contribution in [3.05, 3.63) is 52.0 Å². The molecule has 5 rings (SSSR count). The molecule has 3 atom stereocenters. The summed E-state index contributed by atoms with van der Waals surface area (Å²) in [4.78, 5) is 29.5. The van der Waals surface area contributed by atoms with Gasteiger partial charge in [0.05, 0.1) is 16.8 Å². The van der Waals surface area contributed by atoms with Crippen LogP contribution in [0.2, 0.25) is 5.02 Å². The Morgan fingerprint density at radius 2 is 2.03 bits per heavy atom. The highest BCUT2D eigenvalue weighted by Gasteiger charge is 2.49. The summed E-state index contributed by atoms with van der Waals surface area (Å²) >= 11 is 8.04. The number of aromatic nitrogens is 1. The van der Waals surface area contributed by atoms with E-state index in [2.05, 4.69) is 12.2 Å². The monoisotopic (exact) mass is 469 g/mol. The summed E-state index contributed by atoms with van der Waals surface area (Å²) in [6.07, 6.45) is 4.44. The van der Waals surface area contributed by atoms with Crippen molar-refractivity contribution in [2.75, 3.05) is 4.90 Å². The molecule has 3 heterocycles. The number of halogens is 1. The maximum atomic E-state index is 13.9. The fraction of sp³-hybridized carbons (Fsp3) is 0.440. The third-order valence-electron chi connectivity index (χ3n) is 7.30. The van der Waals surface area contributed by atoms with Crippen molar-refractivity contribution in [2.45, 2.75) is 64.6 Å². The Balaban J connectivity index is 1.63. The molecule has 0 saturated heterocycles. The van der Waals surface area contributed by atoms with E-state index in [0.29, 0.717) is 28.9 Å². The minimum absolute atomic E-state index is 0.105. The Bertz CT molecular complexity index is 1220. The number of anilines is 1. The first-order valence-electron chi connectivity index (χ1n) is 11.3. The Kier molecular flexibility index (Phi) is 5.33. The van der Waals surface area contributed by atoms with Gasteiger partial charge in [-0.1, -0.05) is 37.4 Å². The van der Waals surface area contributed by atoms with Crippen LogP contribution in [0.4, 0.5) is 5.69 Å². The maximum Gasteiger partial charge on any atom is 0.275 e. The number of nitrogens with zero attached hydrogens (tertiary/aromatic N) is 2. The zero-order valence-corrected chi connectivity index (χ0v) is 20.2. The van der Waals surface area contributed by atoms with Crippen LogP contribution in [-0.2, 0) is 11.3 Å². The predicted molar refractivity (Wildman–Crippen MR) is 131 cm³/mol. The van der Waals surface area contributed by atoms with Crippen LogP contribution in [0, 0.1) is 12.8 Å². The number of hydrogen-bond acceptors (Lipinski definition) is 3. The molecule has 0 radical (unpaired) electrons. The summed E-state index contributed by atoms with van der Waals surface area (Å²) in [5, 5.41) is 5.93. The largest absolute Gasteiger partial charge is 0.351 e. The molecule has 32 heavy (non-hydrogen) atoms. The average molecular weight is 470 g/mol. The summed E-state index contributed by atoms with van der Waals surface area (Å²) in [6.45, 7) is 6.39. The Morgan fingerprint density at radius 3 is 2.81 bits per heavy atom. The molecular formula is C25H28ClN3O2S. The van der Waals surface area contributed by atoms with Crippen molar-refractivity contribution in [1.82, 2.24) is 9.88 Å². The summed E-state index contributed by atoms with van der Waals surface area (Å²) in [6, 6.07) is 9.64. The Morgan fingerprint density at radius 1 is 1.25 bits per heavy atom. The molecular weight excluding hydrogens is 442 g/mol. The number of carbonyl (C=O) groups excluding carboxylic acids is 2. The second-order valence-corrected chi connectivity index (χ2v) is 10.8. The van der Waals surface area contributed by atoms with Gasteiger partial charge in [0.15, 0.2) is 0 Å². The highest BCUT2D eigenvalue weighted by Crippen LogP contribution is 2.40. The predicted octanol–water partition coefficient (Wildman–Crippen LogP) is 5.78. The van der Waals surface area contributed by atoms with Gasteiger partial charge in [-0.3, -0.25) is 14.5 Å². The molecule has 3 aromatic rings. The van der Waals surface area contributed by atoms with E-state index in [9.17, 15) is 9.59 Å². The molecule has 0 spiro atoms. The number of amides is 2. The normalized spacial score (nSPS) is 25.8. The molecule has 1 fully saturated rings. The molecule has 1 aliphatic carbocycles. The number of hydrogen-bond donors (Lipinski definition) is 1. The van der Waals surface area contributed by atoms with Crippen molar-refractivity contribution in [3.8, 4) is 0 Å². The summed E-state index contributed by atoms with van der Waals surface area (Å²) in [5.74, 6) is 0.161. The van der Waals surface area contributed by atoms with Crippen LogP contribution in [0.1, 0.15) is 55.6 Å². The standard InChI is InChI=1S/C25H28ClN3O2S/c1-15-7-4-5-9-18(15)27-24(31)25(3)14-28-20-11-12-32-22(20)13-21(28)23(30)29(25)19-10-6-8-17(26)16(19)2/h6,8,10-13,15,18H,4-5,7,9,14H2,1-3H3,(H,27,31). The molecule has 2 aliphatic rings. The summed E-state index contributed by atoms with van der Waals surface area (Å²) in [5.41, 5.74) is 2.03. The molecule has 2 aromatic heterocycles. The number of carbonyl (C=O) groups is 2. The van der Waals surface area contributed by atoms with Gasteiger partial charge in [-0.2, -0.15) is 0 Å². The second kappa shape index (κ2) is 7.92. The molecule has 0 bridgehead atoms. The van der Waals surface area contributed by atoms with Gasteiger partial charge < -0.3 is 9.88 Å². The zero-order valence-electron chi connectivity index (χ0n) is 18.7. The van der Waals surface area contributed by atoms with Gasteiger partial charge in [0.25, 0.3) is 5.91 Å². The van der Waals surface area contributed by atoms with Crippen LogP contribution in [0.25, 0.3) is 10.2 Å². The molecule has 3 unspecified atom stereocenters. The quantitative estimate of drug-likeness (QED) is 0.528. The van der Waals surface area contributed by atoms with E-state index >= 15 is 0 Å². The Hall–Kier alpha value is -2.31. The highest BCUT2D eigenvalue weighted by molar-refractivity contribution is 7.17. The van der Waals surface area contributed by atoms with Gasteiger partial charge in [-0.25, -0.2) is 0 Å². The molecule has 7 heteroatoms. The van der Waals surface area contributed by atoms with Crippen molar-refractivity contribution in [2.24, 2.45) is 5.92 Å². The molecule has 5 nitrogen and oxygen atoms in total. The zero-order chi connectivity index (χ0) is 22.6. The van der Waals surface area contributed by atoms with Crippen LogP contribution in [0.5, 0.6) is 0 Å². The topological polar surface area (TPSA) is 54.3 Å². The average Bonchev–Trinajstić information content (AvgIpc) is 3.35. The lowest BCUT2D eigenvalue weighted by Gasteiger charge is -2.45. The minimum Gasteiger partial charge on any atom is -0.351 e. The fourth-order valence-electron chi connectivity index (χ4n) is 5.28. The number of benzene rings is 1. The molecule has 2 amide bonds. The molecule has 1 N–H and O–H groups in total. The number of thiophene rings is 1. The molecule has 1 aromatic carbocycles. The van der Waals surface area contributed by atoms with Crippen LogP contribution in [0.15, 0.2) is 35.7 Å². The Labute approximate surface area is 197 Å². The van der Waals surface area contributed by atoms with Gasteiger partial charge in [0.1, 0.15) is 11.2 Å². The fourth-order valence-corrected chi connectivity index (χ4v) is 6.28. The smallest absolute Gasteiger partial charge is 0.275 e. The van der Waals surface area contributed by atoms with Crippen molar-refractivity contribution < 1.29 is 9.59 Å². The van der Waals surface area contributed by atoms with E-state index in [1.165, 1.54) is 6.42 Å². The van der Waals surface area contributed by atoms with E-state index in [1.54, 1.807) is 16.2 Å².